The van der Waals surface area contributed by atoms with Crippen molar-refractivity contribution in [2.45, 2.75) is 12.8 Å². The molecule has 0 bridgehead atoms. The number of carbonyl (C=O) groups excluding carboxylic acids is 1. The SMILES string of the molecule is NC(=O)c1cc(N)ccc1N1CCCC(CO)C1. The number of nitrogen functional groups attached to an aromatic ring is 1. The van der Waals surface area contributed by atoms with E-state index in [0.29, 0.717) is 11.3 Å². The van der Waals surface area contributed by atoms with Gasteiger partial charge in [-0.2, -0.15) is 0 Å². The molecule has 1 aliphatic heterocycles. The monoisotopic (exact) mass is 249 g/mol. The highest BCUT2D eigenvalue weighted by molar-refractivity contribution is 5.99. The van der Waals surface area contributed by atoms with Gasteiger partial charge < -0.3 is 21.5 Å². The van der Waals surface area contributed by atoms with Crippen LogP contribution in [0.15, 0.2) is 18.2 Å². The highest BCUT2D eigenvalue weighted by Crippen LogP contribution is 2.27. The van der Waals surface area contributed by atoms with Crippen LogP contribution in [-0.2, 0) is 0 Å². The average molecular weight is 249 g/mol. The number of rotatable bonds is 3. The molecule has 0 saturated carbocycles. The number of hydrogen-bond acceptors (Lipinski definition) is 4. The van der Waals surface area contributed by atoms with Gasteiger partial charge in [0, 0.05) is 31.1 Å². The molecule has 0 spiro atoms. The Morgan fingerprint density at radius 2 is 2.28 bits per heavy atom. The standard InChI is InChI=1S/C13H19N3O2/c14-10-3-4-12(11(6-10)13(15)18)16-5-1-2-9(7-16)8-17/h3-4,6,9,17H,1-2,5,7-8,14H2,(H2,15,18). The maximum absolute atomic E-state index is 11.5. The summed E-state index contributed by atoms with van der Waals surface area (Å²) in [5.41, 5.74) is 12.9. The van der Waals surface area contributed by atoms with E-state index in [2.05, 4.69) is 4.90 Å². The number of nitrogens with two attached hydrogens (primary N) is 2. The minimum absolute atomic E-state index is 0.178. The van der Waals surface area contributed by atoms with Crippen molar-refractivity contribution < 1.29 is 9.90 Å². The predicted octanol–water partition coefficient (Wildman–Crippen LogP) is 0.576. The van der Waals surface area contributed by atoms with E-state index in [1.807, 2.05) is 6.07 Å². The summed E-state index contributed by atoms with van der Waals surface area (Å²) in [4.78, 5) is 13.6. The quantitative estimate of drug-likeness (QED) is 0.683. The summed E-state index contributed by atoms with van der Waals surface area (Å²) in [6.07, 6.45) is 2.03. The molecular weight excluding hydrogens is 230 g/mol. The second kappa shape index (κ2) is 5.27. The first-order valence-corrected chi connectivity index (χ1v) is 6.17. The number of anilines is 2. The van der Waals surface area contributed by atoms with Gasteiger partial charge in [0.05, 0.1) is 5.56 Å². The summed E-state index contributed by atoms with van der Waals surface area (Å²) in [5.74, 6) is -0.208. The van der Waals surface area contributed by atoms with E-state index < -0.39 is 5.91 Å². The molecule has 1 saturated heterocycles. The third-order valence-electron chi connectivity index (χ3n) is 3.40. The lowest BCUT2D eigenvalue weighted by Gasteiger charge is -2.34. The van der Waals surface area contributed by atoms with E-state index in [0.717, 1.165) is 31.6 Å². The number of aliphatic hydroxyl groups is 1. The van der Waals surface area contributed by atoms with Crippen molar-refractivity contribution in [2.75, 3.05) is 30.3 Å². The summed E-state index contributed by atoms with van der Waals surface area (Å²) in [6, 6.07) is 5.21. The summed E-state index contributed by atoms with van der Waals surface area (Å²) < 4.78 is 0. The molecule has 5 nitrogen and oxygen atoms in total. The van der Waals surface area contributed by atoms with Gasteiger partial charge in [-0.1, -0.05) is 0 Å². The molecule has 0 aliphatic carbocycles. The third-order valence-corrected chi connectivity index (χ3v) is 3.40. The molecule has 1 atom stereocenters. The molecular formula is C13H19N3O2. The Morgan fingerprint density at radius 1 is 1.50 bits per heavy atom. The second-order valence-electron chi connectivity index (χ2n) is 4.78. The zero-order valence-corrected chi connectivity index (χ0v) is 10.3. The molecule has 1 unspecified atom stereocenters. The highest BCUT2D eigenvalue weighted by Gasteiger charge is 2.22. The Hall–Kier alpha value is -1.75. The fourth-order valence-electron chi connectivity index (χ4n) is 2.46. The highest BCUT2D eigenvalue weighted by atomic mass is 16.3. The van der Waals surface area contributed by atoms with Crippen molar-refractivity contribution in [2.24, 2.45) is 11.7 Å². The van der Waals surface area contributed by atoms with E-state index in [9.17, 15) is 9.90 Å². The van der Waals surface area contributed by atoms with E-state index in [4.69, 9.17) is 11.5 Å². The van der Waals surface area contributed by atoms with Gasteiger partial charge in [-0.3, -0.25) is 4.79 Å². The van der Waals surface area contributed by atoms with Crippen molar-refractivity contribution in [1.82, 2.24) is 0 Å². The van der Waals surface area contributed by atoms with Gasteiger partial charge in [0.15, 0.2) is 0 Å². The normalized spacial score (nSPS) is 19.8. The van der Waals surface area contributed by atoms with E-state index in [1.165, 1.54) is 0 Å². The first-order chi connectivity index (χ1) is 8.61. The fraction of sp³-hybridized carbons (Fsp3) is 0.462. The number of benzene rings is 1. The predicted molar refractivity (Wildman–Crippen MR) is 71.4 cm³/mol. The van der Waals surface area contributed by atoms with Crippen molar-refractivity contribution >= 4 is 17.3 Å². The number of nitrogens with zero attached hydrogens (tertiary/aromatic N) is 1. The molecule has 1 amide bonds. The summed E-state index contributed by atoms with van der Waals surface area (Å²) >= 11 is 0. The average Bonchev–Trinajstić information content (AvgIpc) is 2.38. The van der Waals surface area contributed by atoms with E-state index >= 15 is 0 Å². The van der Waals surface area contributed by atoms with Gasteiger partial charge >= 0.3 is 0 Å². The van der Waals surface area contributed by atoms with Crippen molar-refractivity contribution in [3.8, 4) is 0 Å². The Kier molecular flexibility index (Phi) is 3.72. The number of piperidine rings is 1. The maximum Gasteiger partial charge on any atom is 0.250 e. The zero-order chi connectivity index (χ0) is 13.1. The van der Waals surface area contributed by atoms with E-state index in [1.54, 1.807) is 12.1 Å². The lowest BCUT2D eigenvalue weighted by atomic mass is 9.97. The molecule has 5 N–H and O–H groups in total. The van der Waals surface area contributed by atoms with Crippen LogP contribution in [0.3, 0.4) is 0 Å². The molecule has 1 aromatic carbocycles. The smallest absolute Gasteiger partial charge is 0.250 e. The number of hydrogen-bond donors (Lipinski definition) is 3. The molecule has 5 heteroatoms. The van der Waals surface area contributed by atoms with Crippen LogP contribution < -0.4 is 16.4 Å². The van der Waals surface area contributed by atoms with Crippen molar-refractivity contribution in [3.05, 3.63) is 23.8 Å². The molecule has 0 aromatic heterocycles. The fourth-order valence-corrected chi connectivity index (χ4v) is 2.46. The van der Waals surface area contributed by atoms with Gasteiger partial charge in [-0.15, -0.1) is 0 Å². The van der Waals surface area contributed by atoms with Crippen LogP contribution in [-0.4, -0.2) is 30.7 Å². The minimum atomic E-state index is -0.469. The molecule has 1 heterocycles. The molecule has 1 aliphatic rings. The number of amides is 1. The molecule has 1 fully saturated rings. The van der Waals surface area contributed by atoms with Crippen LogP contribution >= 0.6 is 0 Å². The number of carbonyl (C=O) groups is 1. The van der Waals surface area contributed by atoms with Crippen LogP contribution in [0.2, 0.25) is 0 Å². The topological polar surface area (TPSA) is 92.6 Å². The zero-order valence-electron chi connectivity index (χ0n) is 10.3. The molecule has 98 valence electrons. The number of aliphatic hydroxyl groups excluding tert-OH is 1. The van der Waals surface area contributed by atoms with E-state index in [-0.39, 0.29) is 12.5 Å². The Bertz CT molecular complexity index is 448. The molecule has 0 radical (unpaired) electrons. The van der Waals surface area contributed by atoms with Gasteiger partial charge in [0.25, 0.3) is 5.91 Å². The van der Waals surface area contributed by atoms with Gasteiger partial charge in [0.1, 0.15) is 0 Å². The lowest BCUT2D eigenvalue weighted by Crippen LogP contribution is -2.38. The minimum Gasteiger partial charge on any atom is -0.399 e. The lowest BCUT2D eigenvalue weighted by molar-refractivity contribution is 0.100. The summed E-state index contributed by atoms with van der Waals surface area (Å²) in [5, 5.41) is 9.24. The third kappa shape index (κ3) is 2.56. The summed E-state index contributed by atoms with van der Waals surface area (Å²) in [7, 11) is 0. The molecule has 1 aromatic rings. The largest absolute Gasteiger partial charge is 0.399 e. The van der Waals surface area contributed by atoms with Crippen LogP contribution in [0.4, 0.5) is 11.4 Å². The van der Waals surface area contributed by atoms with Crippen LogP contribution in [0, 0.1) is 5.92 Å². The van der Waals surface area contributed by atoms with Crippen LogP contribution in [0.25, 0.3) is 0 Å². The molecule has 18 heavy (non-hydrogen) atoms. The Balaban J connectivity index is 2.29. The summed E-state index contributed by atoms with van der Waals surface area (Å²) in [6.45, 7) is 1.80. The number of primary amides is 1. The second-order valence-corrected chi connectivity index (χ2v) is 4.78. The maximum atomic E-state index is 11.5. The Labute approximate surface area is 106 Å². The van der Waals surface area contributed by atoms with Crippen molar-refractivity contribution in [1.29, 1.82) is 0 Å². The van der Waals surface area contributed by atoms with Gasteiger partial charge in [0.2, 0.25) is 0 Å². The molecule has 2 rings (SSSR count). The van der Waals surface area contributed by atoms with Gasteiger partial charge in [-0.05, 0) is 37.0 Å². The Morgan fingerprint density at radius 3 is 2.94 bits per heavy atom. The van der Waals surface area contributed by atoms with Crippen LogP contribution in [0.5, 0.6) is 0 Å². The van der Waals surface area contributed by atoms with Crippen molar-refractivity contribution in [3.63, 3.8) is 0 Å². The first kappa shape index (κ1) is 12.7. The van der Waals surface area contributed by atoms with Crippen LogP contribution in [0.1, 0.15) is 23.2 Å². The first-order valence-electron chi connectivity index (χ1n) is 6.17. The van der Waals surface area contributed by atoms with Gasteiger partial charge in [-0.25, -0.2) is 0 Å².